The number of aliphatic imine (C=N–C) groups is 1. The number of nitrogens with zero attached hydrogens (tertiary/aromatic N) is 2. The molecule has 0 spiro atoms. The summed E-state index contributed by atoms with van der Waals surface area (Å²) in [6.45, 7) is 5.56. The number of hydrogen-bond acceptors (Lipinski definition) is 2. The second-order valence-electron chi connectivity index (χ2n) is 6.88. The lowest BCUT2D eigenvalue weighted by Gasteiger charge is -2.34. The van der Waals surface area contributed by atoms with E-state index in [1.165, 1.54) is 0 Å². The number of guanidine groups is 1. The van der Waals surface area contributed by atoms with E-state index in [9.17, 15) is 4.79 Å². The highest BCUT2D eigenvalue weighted by Gasteiger charge is 2.22. The van der Waals surface area contributed by atoms with Gasteiger partial charge in [0.1, 0.15) is 0 Å². The molecule has 1 aromatic carbocycles. The molecule has 0 aliphatic carbocycles. The summed E-state index contributed by atoms with van der Waals surface area (Å²) in [7, 11) is 1.70. The molecular weight excluding hydrogens is 383 g/mol. The van der Waals surface area contributed by atoms with Crippen molar-refractivity contribution in [1.82, 2.24) is 15.5 Å². The van der Waals surface area contributed by atoms with Crippen LogP contribution < -0.4 is 10.6 Å². The molecule has 5 nitrogen and oxygen atoms in total. The highest BCUT2D eigenvalue weighted by atomic mass is 35.5. The smallest absolute Gasteiger partial charge is 0.220 e. The largest absolute Gasteiger partial charge is 0.359 e. The molecule has 1 fully saturated rings. The molecule has 0 atom stereocenters. The number of hydrogen-bond donors (Lipinski definition) is 2. The van der Waals surface area contributed by atoms with Gasteiger partial charge in [0.05, 0.1) is 0 Å². The fourth-order valence-corrected chi connectivity index (χ4v) is 3.82. The predicted octanol–water partition coefficient (Wildman–Crippen LogP) is 3.74. The number of carbonyl (C=O) groups excluding carboxylic acids is 1. The van der Waals surface area contributed by atoms with Gasteiger partial charge in [0, 0.05) is 49.7 Å². The molecule has 1 heterocycles. The second kappa shape index (κ2) is 11.4. The van der Waals surface area contributed by atoms with E-state index >= 15 is 0 Å². The number of piperidine rings is 1. The molecule has 1 amide bonds. The predicted molar refractivity (Wildman–Crippen MR) is 114 cm³/mol. The molecule has 1 saturated heterocycles. The van der Waals surface area contributed by atoms with Crippen LogP contribution in [0.3, 0.4) is 0 Å². The van der Waals surface area contributed by atoms with Crippen molar-refractivity contribution in [3.8, 4) is 0 Å². The Morgan fingerprint density at radius 3 is 2.67 bits per heavy atom. The van der Waals surface area contributed by atoms with Crippen molar-refractivity contribution in [2.75, 3.05) is 33.2 Å². The van der Waals surface area contributed by atoms with Crippen molar-refractivity contribution in [2.45, 2.75) is 39.0 Å². The van der Waals surface area contributed by atoms with Gasteiger partial charge in [-0.15, -0.1) is 0 Å². The van der Waals surface area contributed by atoms with Gasteiger partial charge < -0.3 is 15.5 Å². The first kappa shape index (κ1) is 21.8. The van der Waals surface area contributed by atoms with Crippen LogP contribution in [0.4, 0.5) is 0 Å². The molecule has 0 aromatic heterocycles. The molecule has 2 rings (SSSR count). The third-order valence-corrected chi connectivity index (χ3v) is 5.47. The molecule has 2 N–H and O–H groups in total. The van der Waals surface area contributed by atoms with Crippen molar-refractivity contribution < 1.29 is 4.79 Å². The zero-order valence-electron chi connectivity index (χ0n) is 16.2. The van der Waals surface area contributed by atoms with E-state index in [0.29, 0.717) is 17.4 Å². The van der Waals surface area contributed by atoms with Crippen LogP contribution >= 0.6 is 23.2 Å². The number of carbonyl (C=O) groups is 1. The summed E-state index contributed by atoms with van der Waals surface area (Å²) < 4.78 is 0. The zero-order valence-corrected chi connectivity index (χ0v) is 17.7. The third kappa shape index (κ3) is 7.23. The Bertz CT molecular complexity index is 643. The molecule has 0 bridgehead atoms. The fraction of sp³-hybridized carbons (Fsp3) is 0.600. The lowest BCUT2D eigenvalue weighted by molar-refractivity contribution is -0.121. The van der Waals surface area contributed by atoms with Crippen LogP contribution in [-0.4, -0.2) is 50.0 Å². The Hall–Kier alpha value is -1.46. The lowest BCUT2D eigenvalue weighted by atomic mass is 9.93. The van der Waals surface area contributed by atoms with Crippen molar-refractivity contribution >= 4 is 35.1 Å². The van der Waals surface area contributed by atoms with Crippen LogP contribution in [0.25, 0.3) is 0 Å². The van der Waals surface area contributed by atoms with Gasteiger partial charge >= 0.3 is 0 Å². The van der Waals surface area contributed by atoms with E-state index in [-0.39, 0.29) is 5.91 Å². The molecule has 1 aromatic rings. The molecule has 27 heavy (non-hydrogen) atoms. The Kier molecular flexibility index (Phi) is 9.22. The monoisotopic (exact) mass is 412 g/mol. The number of likely N-dealkylation sites (tertiary alicyclic amines) is 1. The van der Waals surface area contributed by atoms with Gasteiger partial charge in [0.2, 0.25) is 5.91 Å². The zero-order chi connectivity index (χ0) is 19.6. The van der Waals surface area contributed by atoms with E-state index in [1.54, 1.807) is 13.1 Å². The van der Waals surface area contributed by atoms with Crippen LogP contribution in [0.5, 0.6) is 0 Å². The minimum absolute atomic E-state index is 0.134. The maximum Gasteiger partial charge on any atom is 0.220 e. The topological polar surface area (TPSA) is 56.7 Å². The molecular formula is C20H30Cl2N4O. The maximum absolute atomic E-state index is 11.6. The Labute approximate surface area is 172 Å². The highest BCUT2D eigenvalue weighted by Crippen LogP contribution is 2.22. The summed E-state index contributed by atoms with van der Waals surface area (Å²) in [5.41, 5.74) is 1.11. The summed E-state index contributed by atoms with van der Waals surface area (Å²) in [5, 5.41) is 7.49. The maximum atomic E-state index is 11.6. The number of amides is 1. The van der Waals surface area contributed by atoms with Gasteiger partial charge in [-0.2, -0.15) is 0 Å². The molecule has 0 unspecified atom stereocenters. The lowest BCUT2D eigenvalue weighted by Crippen LogP contribution is -2.46. The van der Waals surface area contributed by atoms with Crippen LogP contribution in [0, 0.1) is 5.92 Å². The molecule has 1 aliphatic rings. The van der Waals surface area contributed by atoms with Crippen LogP contribution in [-0.2, 0) is 11.2 Å². The second-order valence-corrected chi connectivity index (χ2v) is 7.73. The first-order chi connectivity index (χ1) is 13.0. The van der Waals surface area contributed by atoms with Crippen molar-refractivity contribution in [3.63, 3.8) is 0 Å². The van der Waals surface area contributed by atoms with E-state index in [0.717, 1.165) is 68.4 Å². The summed E-state index contributed by atoms with van der Waals surface area (Å²) in [4.78, 5) is 18.6. The summed E-state index contributed by atoms with van der Waals surface area (Å²) in [5.74, 6) is 1.57. The van der Waals surface area contributed by atoms with Crippen LogP contribution in [0.1, 0.15) is 38.2 Å². The minimum atomic E-state index is 0.134. The van der Waals surface area contributed by atoms with Crippen molar-refractivity contribution in [1.29, 1.82) is 0 Å². The van der Waals surface area contributed by atoms with Gasteiger partial charge in [-0.05, 0) is 56.2 Å². The normalized spacial score (nSPS) is 15.7. The van der Waals surface area contributed by atoms with Gasteiger partial charge in [0.25, 0.3) is 0 Å². The molecule has 1 aliphatic heterocycles. The van der Waals surface area contributed by atoms with Crippen LogP contribution in [0.2, 0.25) is 10.0 Å². The van der Waals surface area contributed by atoms with E-state index in [4.69, 9.17) is 28.2 Å². The standard InChI is InChI=1S/C20H30Cl2N4O/c1-3-24-20(26-11-8-15(9-12-26)13-19(27)23-2)25-10-4-5-16-6-7-17(21)14-18(16)22/h6-7,14-15H,3-5,8-13H2,1-2H3,(H,23,27)(H,24,25). The Balaban J connectivity index is 1.82. The van der Waals surface area contributed by atoms with Gasteiger partial charge in [0.15, 0.2) is 5.96 Å². The Morgan fingerprint density at radius 1 is 1.30 bits per heavy atom. The number of benzene rings is 1. The van der Waals surface area contributed by atoms with Crippen LogP contribution in [0.15, 0.2) is 23.2 Å². The van der Waals surface area contributed by atoms with Gasteiger partial charge in [-0.1, -0.05) is 29.3 Å². The number of rotatable bonds is 7. The van der Waals surface area contributed by atoms with Crippen molar-refractivity contribution in [2.24, 2.45) is 10.9 Å². The van der Waals surface area contributed by atoms with E-state index < -0.39 is 0 Å². The van der Waals surface area contributed by atoms with Gasteiger partial charge in [-0.25, -0.2) is 0 Å². The van der Waals surface area contributed by atoms with E-state index in [2.05, 4.69) is 22.5 Å². The van der Waals surface area contributed by atoms with Gasteiger partial charge in [-0.3, -0.25) is 9.79 Å². The summed E-state index contributed by atoms with van der Waals surface area (Å²) >= 11 is 12.2. The SMILES string of the molecule is CCNC(=NCCCc1ccc(Cl)cc1Cl)N1CCC(CC(=O)NC)CC1. The quantitative estimate of drug-likeness (QED) is 0.407. The molecule has 7 heteroatoms. The molecule has 0 radical (unpaired) electrons. The number of halogens is 2. The first-order valence-electron chi connectivity index (χ1n) is 9.71. The van der Waals surface area contributed by atoms with Crippen molar-refractivity contribution in [3.05, 3.63) is 33.8 Å². The third-order valence-electron chi connectivity index (χ3n) is 4.88. The average Bonchev–Trinajstić information content (AvgIpc) is 2.66. The average molecular weight is 413 g/mol. The highest BCUT2D eigenvalue weighted by molar-refractivity contribution is 6.35. The molecule has 0 saturated carbocycles. The summed E-state index contributed by atoms with van der Waals surface area (Å²) in [6, 6.07) is 5.64. The minimum Gasteiger partial charge on any atom is -0.359 e. The number of aryl methyl sites for hydroxylation is 1. The molecule has 150 valence electrons. The Morgan fingerprint density at radius 2 is 2.04 bits per heavy atom. The fourth-order valence-electron chi connectivity index (χ4n) is 3.32. The summed E-state index contributed by atoms with van der Waals surface area (Å²) in [6.07, 6.45) is 4.49. The van der Waals surface area contributed by atoms with E-state index in [1.807, 2.05) is 12.1 Å². The first-order valence-corrected chi connectivity index (χ1v) is 10.5. The number of nitrogens with one attached hydrogen (secondary N) is 2.